The zero-order chi connectivity index (χ0) is 17.1. The average Bonchev–Trinajstić information content (AvgIpc) is 2.59. The number of nitrogens with zero attached hydrogens (tertiary/aromatic N) is 1. The Bertz CT molecular complexity index is 782. The summed E-state index contributed by atoms with van der Waals surface area (Å²) in [5.41, 5.74) is 3.93. The van der Waals surface area contributed by atoms with E-state index in [9.17, 15) is 9.59 Å². The third-order valence-electron chi connectivity index (χ3n) is 4.32. The van der Waals surface area contributed by atoms with Gasteiger partial charge >= 0.3 is 0 Å². The molecule has 1 aliphatic heterocycles. The first-order valence-corrected chi connectivity index (χ1v) is 8.19. The number of anilines is 1. The van der Waals surface area contributed by atoms with E-state index in [1.54, 1.807) is 24.3 Å². The van der Waals surface area contributed by atoms with Crippen molar-refractivity contribution in [1.82, 2.24) is 0 Å². The zero-order valence-electron chi connectivity index (χ0n) is 14.0. The van der Waals surface area contributed by atoms with Crippen LogP contribution in [0.2, 0.25) is 0 Å². The second-order valence-corrected chi connectivity index (χ2v) is 6.10. The maximum absolute atomic E-state index is 12.6. The molecule has 4 heteroatoms. The van der Waals surface area contributed by atoms with Crippen LogP contribution >= 0.6 is 0 Å². The Balaban J connectivity index is 1.73. The largest absolute Gasteiger partial charge is 0.484 e. The van der Waals surface area contributed by atoms with Gasteiger partial charge in [0.25, 0.3) is 5.91 Å². The number of carbonyl (C=O) groups is 2. The van der Waals surface area contributed by atoms with E-state index in [-0.39, 0.29) is 18.3 Å². The number of benzene rings is 2. The van der Waals surface area contributed by atoms with Crippen molar-refractivity contribution in [2.24, 2.45) is 0 Å². The van der Waals surface area contributed by atoms with Crippen LogP contribution in [0.1, 0.15) is 34.8 Å². The molecular weight excluding hydrogens is 302 g/mol. The molecule has 0 saturated heterocycles. The lowest BCUT2D eigenvalue weighted by Crippen LogP contribution is -2.39. The van der Waals surface area contributed by atoms with Gasteiger partial charge in [-0.15, -0.1) is 0 Å². The smallest absolute Gasteiger partial charge is 0.264 e. The van der Waals surface area contributed by atoms with Crippen molar-refractivity contribution in [3.63, 3.8) is 0 Å². The predicted molar refractivity (Wildman–Crippen MR) is 93.8 cm³/mol. The number of rotatable bonds is 4. The summed E-state index contributed by atoms with van der Waals surface area (Å²) in [5, 5.41) is 0. The van der Waals surface area contributed by atoms with Gasteiger partial charge in [0.05, 0.1) is 0 Å². The molecule has 0 radical (unpaired) electrons. The first-order chi connectivity index (χ1) is 11.6. The lowest BCUT2D eigenvalue weighted by molar-refractivity contribution is -0.120. The van der Waals surface area contributed by atoms with Crippen LogP contribution in [-0.2, 0) is 11.2 Å². The third-order valence-corrected chi connectivity index (χ3v) is 4.32. The number of carbonyl (C=O) groups excluding carboxylic acids is 2. The average molecular weight is 323 g/mol. The number of aryl methyl sites for hydroxylation is 2. The first-order valence-electron chi connectivity index (χ1n) is 8.19. The summed E-state index contributed by atoms with van der Waals surface area (Å²) >= 11 is 0. The highest BCUT2D eigenvalue weighted by molar-refractivity contribution is 5.96. The maximum atomic E-state index is 12.6. The lowest BCUT2D eigenvalue weighted by Gasteiger charge is -2.31. The van der Waals surface area contributed by atoms with E-state index in [2.05, 4.69) is 6.07 Å². The van der Waals surface area contributed by atoms with Crippen LogP contribution in [0.15, 0.2) is 42.5 Å². The van der Waals surface area contributed by atoms with E-state index < -0.39 is 0 Å². The van der Waals surface area contributed by atoms with Crippen molar-refractivity contribution in [2.75, 3.05) is 18.1 Å². The van der Waals surface area contributed by atoms with E-state index in [0.717, 1.165) is 24.1 Å². The van der Waals surface area contributed by atoms with Crippen molar-refractivity contribution >= 4 is 17.4 Å². The van der Waals surface area contributed by atoms with Crippen LogP contribution in [0.3, 0.4) is 0 Å². The first kappa shape index (κ1) is 16.2. The number of Topliss-reactive ketones (excluding diaryl/α,β-unsaturated/α-hetero) is 1. The van der Waals surface area contributed by atoms with E-state index in [1.807, 2.05) is 24.0 Å². The topological polar surface area (TPSA) is 46.6 Å². The molecule has 0 bridgehead atoms. The van der Waals surface area contributed by atoms with Gasteiger partial charge in [0, 0.05) is 17.8 Å². The Morgan fingerprint density at radius 2 is 1.96 bits per heavy atom. The SMILES string of the molecule is CC(=O)c1cccc(OCC(=O)N2CCCc3cccc(C)c32)c1. The zero-order valence-corrected chi connectivity index (χ0v) is 14.0. The minimum absolute atomic E-state index is 0.0210. The molecule has 2 aromatic rings. The molecule has 1 aliphatic rings. The second kappa shape index (κ2) is 6.87. The number of para-hydroxylation sites is 1. The molecule has 24 heavy (non-hydrogen) atoms. The van der Waals surface area contributed by atoms with Crippen molar-refractivity contribution in [3.05, 3.63) is 59.2 Å². The minimum Gasteiger partial charge on any atom is -0.484 e. The van der Waals surface area contributed by atoms with Gasteiger partial charge in [-0.2, -0.15) is 0 Å². The van der Waals surface area contributed by atoms with Crippen LogP contribution in [0, 0.1) is 6.92 Å². The normalized spacial score (nSPS) is 13.3. The second-order valence-electron chi connectivity index (χ2n) is 6.10. The molecule has 1 heterocycles. The van der Waals surface area contributed by atoms with Crippen molar-refractivity contribution < 1.29 is 14.3 Å². The molecular formula is C20H21NO3. The van der Waals surface area contributed by atoms with Gasteiger partial charge in [-0.25, -0.2) is 0 Å². The van der Waals surface area contributed by atoms with E-state index in [0.29, 0.717) is 17.9 Å². The van der Waals surface area contributed by atoms with Crippen molar-refractivity contribution in [2.45, 2.75) is 26.7 Å². The highest BCUT2D eigenvalue weighted by Gasteiger charge is 2.24. The molecule has 0 saturated carbocycles. The van der Waals surface area contributed by atoms with Crippen LogP contribution in [0.5, 0.6) is 5.75 Å². The summed E-state index contributed by atoms with van der Waals surface area (Å²) in [6.07, 6.45) is 1.96. The van der Waals surface area contributed by atoms with Gasteiger partial charge in [-0.3, -0.25) is 9.59 Å². The number of hydrogen-bond acceptors (Lipinski definition) is 3. The highest BCUT2D eigenvalue weighted by Crippen LogP contribution is 2.30. The molecule has 1 amide bonds. The number of amides is 1. The summed E-state index contributed by atoms with van der Waals surface area (Å²) in [5.74, 6) is 0.462. The predicted octanol–water partition coefficient (Wildman–Crippen LogP) is 3.56. The molecule has 124 valence electrons. The highest BCUT2D eigenvalue weighted by atomic mass is 16.5. The summed E-state index contributed by atoms with van der Waals surface area (Å²) in [6.45, 7) is 4.22. The van der Waals surface area contributed by atoms with Crippen LogP contribution in [0.25, 0.3) is 0 Å². The number of ether oxygens (including phenoxy) is 1. The number of fused-ring (bicyclic) bond motifs is 1. The summed E-state index contributed by atoms with van der Waals surface area (Å²) in [4.78, 5) is 25.9. The Morgan fingerprint density at radius 1 is 1.17 bits per heavy atom. The molecule has 3 rings (SSSR count). The van der Waals surface area contributed by atoms with Crippen molar-refractivity contribution in [3.8, 4) is 5.75 Å². The fraction of sp³-hybridized carbons (Fsp3) is 0.300. The monoisotopic (exact) mass is 323 g/mol. The fourth-order valence-electron chi connectivity index (χ4n) is 3.12. The molecule has 0 unspecified atom stereocenters. The lowest BCUT2D eigenvalue weighted by atomic mass is 9.98. The third kappa shape index (κ3) is 3.32. The van der Waals surface area contributed by atoms with Crippen LogP contribution in [-0.4, -0.2) is 24.8 Å². The van der Waals surface area contributed by atoms with E-state index >= 15 is 0 Å². The number of ketones is 1. The molecule has 0 atom stereocenters. The molecule has 0 N–H and O–H groups in total. The Morgan fingerprint density at radius 3 is 2.75 bits per heavy atom. The van der Waals surface area contributed by atoms with Gasteiger partial charge in [0.1, 0.15) is 5.75 Å². The van der Waals surface area contributed by atoms with Gasteiger partial charge in [-0.05, 0) is 49.9 Å². The van der Waals surface area contributed by atoms with Crippen molar-refractivity contribution in [1.29, 1.82) is 0 Å². The molecule has 0 fully saturated rings. The fourth-order valence-corrected chi connectivity index (χ4v) is 3.12. The van der Waals surface area contributed by atoms with Gasteiger partial charge in [0.2, 0.25) is 0 Å². The van der Waals surface area contributed by atoms with Gasteiger partial charge in [-0.1, -0.05) is 30.3 Å². The minimum atomic E-state index is -0.0570. The standard InChI is InChI=1S/C20H21NO3/c1-14-6-3-7-16-9-5-11-21(20(14)16)19(23)13-24-18-10-4-8-17(12-18)15(2)22/h3-4,6-8,10,12H,5,9,11,13H2,1-2H3. The Hall–Kier alpha value is -2.62. The Kier molecular flexibility index (Phi) is 4.65. The summed E-state index contributed by atoms with van der Waals surface area (Å²) in [7, 11) is 0. The van der Waals surface area contributed by atoms with E-state index in [1.165, 1.54) is 12.5 Å². The molecule has 0 spiro atoms. The molecule has 4 nitrogen and oxygen atoms in total. The Labute approximate surface area is 142 Å². The quantitative estimate of drug-likeness (QED) is 0.808. The van der Waals surface area contributed by atoms with Gasteiger partial charge in [0.15, 0.2) is 12.4 Å². The summed E-state index contributed by atoms with van der Waals surface area (Å²) < 4.78 is 5.62. The van der Waals surface area contributed by atoms with E-state index in [4.69, 9.17) is 4.74 Å². The van der Waals surface area contributed by atoms with Crippen LogP contribution in [0.4, 0.5) is 5.69 Å². The van der Waals surface area contributed by atoms with Crippen LogP contribution < -0.4 is 9.64 Å². The summed E-state index contributed by atoms with van der Waals surface area (Å²) in [6, 6.07) is 13.1. The molecule has 0 aliphatic carbocycles. The molecule has 0 aromatic heterocycles. The van der Waals surface area contributed by atoms with Gasteiger partial charge < -0.3 is 9.64 Å². The molecule has 2 aromatic carbocycles. The maximum Gasteiger partial charge on any atom is 0.264 e. The number of hydrogen-bond donors (Lipinski definition) is 0.